The number of Topliss-reactive ketones (excluding diaryl/α,β-unsaturated/α-hetero) is 1. The van der Waals surface area contributed by atoms with Gasteiger partial charge in [0, 0.05) is 25.2 Å². The summed E-state index contributed by atoms with van der Waals surface area (Å²) in [6.45, 7) is 9.81. The smallest absolute Gasteiger partial charge is 0.176 e. The Bertz CT molecular complexity index is 410. The van der Waals surface area contributed by atoms with Crippen LogP contribution in [0.15, 0.2) is 24.3 Å². The van der Waals surface area contributed by atoms with Crippen LogP contribution in [0.4, 0.5) is 0 Å². The topological polar surface area (TPSA) is 23.6 Å². The maximum absolute atomic E-state index is 12.3. The molecule has 1 aromatic carbocycles. The minimum atomic E-state index is 0.212. The standard InChI is InChI=1S/C17H28N2O/c1-14(2)12-19(11-10-18(4)5)13-17(20)16-8-6-15(3)7-9-16/h6-9,14H,10-13H2,1-5H3. The van der Waals surface area contributed by atoms with E-state index >= 15 is 0 Å². The van der Waals surface area contributed by atoms with E-state index in [1.54, 1.807) is 0 Å². The molecule has 3 heteroatoms. The van der Waals surface area contributed by atoms with E-state index in [1.807, 2.05) is 31.2 Å². The van der Waals surface area contributed by atoms with Crippen LogP contribution in [0, 0.1) is 12.8 Å². The maximum Gasteiger partial charge on any atom is 0.176 e. The molecule has 0 fully saturated rings. The molecule has 0 saturated heterocycles. The van der Waals surface area contributed by atoms with Crippen LogP contribution >= 0.6 is 0 Å². The molecule has 0 aliphatic rings. The first-order valence-electron chi connectivity index (χ1n) is 7.35. The third-order valence-electron chi connectivity index (χ3n) is 3.23. The Balaban J connectivity index is 2.62. The second kappa shape index (κ2) is 8.18. The van der Waals surface area contributed by atoms with Crippen molar-refractivity contribution >= 4 is 5.78 Å². The molecule has 0 radical (unpaired) electrons. The van der Waals surface area contributed by atoms with Crippen LogP contribution in [0.1, 0.15) is 29.8 Å². The number of rotatable bonds is 8. The number of hydrogen-bond donors (Lipinski definition) is 0. The number of carbonyl (C=O) groups is 1. The Kier molecular flexibility index (Phi) is 6.89. The normalized spacial score (nSPS) is 11.6. The van der Waals surface area contributed by atoms with Crippen LogP contribution < -0.4 is 0 Å². The zero-order valence-corrected chi connectivity index (χ0v) is 13.5. The number of nitrogens with zero attached hydrogens (tertiary/aromatic N) is 2. The largest absolute Gasteiger partial charge is 0.308 e. The summed E-state index contributed by atoms with van der Waals surface area (Å²) in [4.78, 5) is 16.8. The summed E-state index contributed by atoms with van der Waals surface area (Å²) < 4.78 is 0. The zero-order valence-electron chi connectivity index (χ0n) is 13.5. The van der Waals surface area contributed by atoms with E-state index in [9.17, 15) is 4.79 Å². The summed E-state index contributed by atoms with van der Waals surface area (Å²) in [7, 11) is 4.13. The molecule has 0 bridgehead atoms. The highest BCUT2D eigenvalue weighted by molar-refractivity contribution is 5.97. The molecular weight excluding hydrogens is 248 g/mol. The van der Waals surface area contributed by atoms with Gasteiger partial charge in [-0.15, -0.1) is 0 Å². The lowest BCUT2D eigenvalue weighted by molar-refractivity contribution is 0.0916. The summed E-state index contributed by atoms with van der Waals surface area (Å²) in [6.07, 6.45) is 0. The number of carbonyl (C=O) groups excluding carboxylic acids is 1. The lowest BCUT2D eigenvalue weighted by Gasteiger charge is -2.25. The molecule has 1 aromatic rings. The zero-order chi connectivity index (χ0) is 15.1. The first-order chi connectivity index (χ1) is 9.38. The van der Waals surface area contributed by atoms with E-state index in [0.717, 1.165) is 25.2 Å². The van der Waals surface area contributed by atoms with Gasteiger partial charge in [0.2, 0.25) is 0 Å². The summed E-state index contributed by atoms with van der Waals surface area (Å²) in [5.41, 5.74) is 2.00. The van der Waals surface area contributed by atoms with Gasteiger partial charge < -0.3 is 4.90 Å². The van der Waals surface area contributed by atoms with E-state index in [4.69, 9.17) is 0 Å². The number of benzene rings is 1. The van der Waals surface area contributed by atoms with Crippen LogP contribution in [-0.4, -0.2) is 55.9 Å². The average Bonchev–Trinajstić information content (AvgIpc) is 2.36. The minimum Gasteiger partial charge on any atom is -0.308 e. The van der Waals surface area contributed by atoms with Gasteiger partial charge in [-0.1, -0.05) is 43.7 Å². The van der Waals surface area contributed by atoms with Gasteiger partial charge in [0.25, 0.3) is 0 Å². The molecule has 0 saturated carbocycles. The summed E-state index contributed by atoms with van der Waals surface area (Å²) in [5, 5.41) is 0. The fourth-order valence-electron chi connectivity index (χ4n) is 2.13. The SMILES string of the molecule is Cc1ccc(C(=O)CN(CCN(C)C)CC(C)C)cc1. The van der Waals surface area contributed by atoms with Gasteiger partial charge in [-0.25, -0.2) is 0 Å². The van der Waals surface area contributed by atoms with Crippen molar-refractivity contribution in [2.24, 2.45) is 5.92 Å². The highest BCUT2D eigenvalue weighted by Crippen LogP contribution is 2.07. The summed E-state index contributed by atoms with van der Waals surface area (Å²) >= 11 is 0. The van der Waals surface area contributed by atoms with Crippen LogP contribution in [0.2, 0.25) is 0 Å². The highest BCUT2D eigenvalue weighted by atomic mass is 16.1. The Morgan fingerprint density at radius 2 is 1.70 bits per heavy atom. The van der Waals surface area contributed by atoms with E-state index < -0.39 is 0 Å². The van der Waals surface area contributed by atoms with Crippen LogP contribution in [0.3, 0.4) is 0 Å². The van der Waals surface area contributed by atoms with Crippen molar-refractivity contribution in [1.29, 1.82) is 0 Å². The lowest BCUT2D eigenvalue weighted by Crippen LogP contribution is -2.37. The molecule has 1 rings (SSSR count). The molecule has 20 heavy (non-hydrogen) atoms. The molecule has 0 aliphatic carbocycles. The molecule has 0 aliphatic heterocycles. The molecular formula is C17H28N2O. The highest BCUT2D eigenvalue weighted by Gasteiger charge is 2.14. The third-order valence-corrected chi connectivity index (χ3v) is 3.23. The number of likely N-dealkylation sites (N-methyl/N-ethyl adjacent to an activating group) is 1. The van der Waals surface area contributed by atoms with Crippen molar-refractivity contribution in [3.05, 3.63) is 35.4 Å². The maximum atomic E-state index is 12.3. The second-order valence-electron chi connectivity index (χ2n) is 6.22. The minimum absolute atomic E-state index is 0.212. The van der Waals surface area contributed by atoms with Gasteiger partial charge >= 0.3 is 0 Å². The van der Waals surface area contributed by atoms with Crippen molar-refractivity contribution in [3.63, 3.8) is 0 Å². The van der Waals surface area contributed by atoms with Crippen LogP contribution in [0.25, 0.3) is 0 Å². The first-order valence-corrected chi connectivity index (χ1v) is 7.35. The predicted octanol–water partition coefficient (Wildman–Crippen LogP) is 2.70. The van der Waals surface area contributed by atoms with Crippen molar-refractivity contribution in [3.8, 4) is 0 Å². The second-order valence-corrected chi connectivity index (χ2v) is 6.22. The molecule has 0 spiro atoms. The Labute approximate surface area is 123 Å². The first kappa shape index (κ1) is 16.9. The molecule has 0 atom stereocenters. The molecule has 0 aromatic heterocycles. The quantitative estimate of drug-likeness (QED) is 0.682. The van der Waals surface area contributed by atoms with Crippen molar-refractivity contribution in [2.75, 3.05) is 40.3 Å². The van der Waals surface area contributed by atoms with Gasteiger partial charge in [0.15, 0.2) is 5.78 Å². The Morgan fingerprint density at radius 3 is 2.20 bits per heavy atom. The Morgan fingerprint density at radius 1 is 1.10 bits per heavy atom. The Hall–Kier alpha value is -1.19. The fourth-order valence-corrected chi connectivity index (χ4v) is 2.13. The third kappa shape index (κ3) is 6.31. The number of hydrogen-bond acceptors (Lipinski definition) is 3. The molecule has 0 N–H and O–H groups in total. The number of aryl methyl sites for hydroxylation is 1. The average molecular weight is 276 g/mol. The van der Waals surface area contributed by atoms with Crippen LogP contribution in [0.5, 0.6) is 0 Å². The van der Waals surface area contributed by atoms with E-state index in [1.165, 1.54) is 5.56 Å². The van der Waals surface area contributed by atoms with Crippen LogP contribution in [-0.2, 0) is 0 Å². The van der Waals surface area contributed by atoms with E-state index in [0.29, 0.717) is 12.5 Å². The van der Waals surface area contributed by atoms with Gasteiger partial charge in [-0.05, 0) is 26.9 Å². The lowest BCUT2D eigenvalue weighted by atomic mass is 10.1. The molecule has 3 nitrogen and oxygen atoms in total. The molecule has 0 unspecified atom stereocenters. The van der Waals surface area contributed by atoms with E-state index in [2.05, 4.69) is 37.7 Å². The van der Waals surface area contributed by atoms with Crippen molar-refractivity contribution in [1.82, 2.24) is 9.80 Å². The molecule has 112 valence electrons. The van der Waals surface area contributed by atoms with Gasteiger partial charge in [-0.3, -0.25) is 9.69 Å². The van der Waals surface area contributed by atoms with Gasteiger partial charge in [-0.2, -0.15) is 0 Å². The molecule has 0 amide bonds. The summed E-state index contributed by atoms with van der Waals surface area (Å²) in [5.74, 6) is 0.785. The molecule has 0 heterocycles. The summed E-state index contributed by atoms with van der Waals surface area (Å²) in [6, 6.07) is 7.86. The predicted molar refractivity (Wildman–Crippen MR) is 85.3 cm³/mol. The fraction of sp³-hybridized carbons (Fsp3) is 0.588. The van der Waals surface area contributed by atoms with Crippen molar-refractivity contribution in [2.45, 2.75) is 20.8 Å². The number of ketones is 1. The van der Waals surface area contributed by atoms with Gasteiger partial charge in [0.05, 0.1) is 6.54 Å². The monoisotopic (exact) mass is 276 g/mol. The van der Waals surface area contributed by atoms with E-state index in [-0.39, 0.29) is 5.78 Å². The van der Waals surface area contributed by atoms with Gasteiger partial charge in [0.1, 0.15) is 0 Å². The van der Waals surface area contributed by atoms with Crippen molar-refractivity contribution < 1.29 is 4.79 Å².